The van der Waals surface area contributed by atoms with Crippen molar-refractivity contribution in [3.63, 3.8) is 0 Å². The van der Waals surface area contributed by atoms with E-state index in [1.54, 1.807) is 42.7 Å². The first-order valence-electron chi connectivity index (χ1n) is 7.95. The van der Waals surface area contributed by atoms with Crippen LogP contribution in [0.3, 0.4) is 0 Å². The van der Waals surface area contributed by atoms with Crippen LogP contribution in [0.1, 0.15) is 17.9 Å². The summed E-state index contributed by atoms with van der Waals surface area (Å²) in [6, 6.07) is 10.1. The zero-order chi connectivity index (χ0) is 17.5. The maximum absolute atomic E-state index is 13.5. The molecule has 25 heavy (non-hydrogen) atoms. The minimum atomic E-state index is -0.258. The first kappa shape index (κ1) is 16.8. The molecule has 2 aromatic heterocycles. The monoisotopic (exact) mass is 340 g/mol. The summed E-state index contributed by atoms with van der Waals surface area (Å²) >= 11 is 0. The quantitative estimate of drug-likeness (QED) is 0.715. The summed E-state index contributed by atoms with van der Waals surface area (Å²) in [5.74, 6) is 0.472. The predicted molar refractivity (Wildman–Crippen MR) is 89.0 cm³/mol. The van der Waals surface area contributed by atoms with E-state index in [2.05, 4.69) is 20.4 Å². The first-order chi connectivity index (χ1) is 12.2. The molecule has 0 atom stereocenters. The molecule has 0 aliphatic heterocycles. The minimum absolute atomic E-state index is 0.139. The number of nitrogens with zero attached hydrogens (tertiary/aromatic N) is 3. The van der Waals surface area contributed by atoms with E-state index in [-0.39, 0.29) is 18.1 Å². The van der Waals surface area contributed by atoms with Gasteiger partial charge < -0.3 is 9.84 Å². The number of hydrogen-bond donors (Lipinski definition) is 1. The topological polar surface area (TPSA) is 80.9 Å². The van der Waals surface area contributed by atoms with Crippen LogP contribution in [0.15, 0.2) is 53.3 Å². The SMILES string of the molecule is O=C(CCc1nc(-c2ccncc2)no1)NCCc1ccccc1F. The standard InChI is InChI=1S/C18H17FN4O2/c19-15-4-2-1-3-13(15)9-12-21-16(24)5-6-17-22-18(23-25-17)14-7-10-20-11-8-14/h1-4,7-8,10-11H,5-6,9,12H2,(H,21,24). The van der Waals surface area contributed by atoms with Crippen molar-refractivity contribution in [3.05, 3.63) is 66.1 Å². The number of carbonyl (C=O) groups excluding carboxylic acids is 1. The molecular formula is C18H17FN4O2. The molecular weight excluding hydrogens is 323 g/mol. The average molecular weight is 340 g/mol. The second-order valence-electron chi connectivity index (χ2n) is 5.44. The zero-order valence-electron chi connectivity index (χ0n) is 13.5. The lowest BCUT2D eigenvalue weighted by Gasteiger charge is -2.05. The molecule has 6 nitrogen and oxygen atoms in total. The fourth-order valence-electron chi connectivity index (χ4n) is 2.32. The second-order valence-corrected chi connectivity index (χ2v) is 5.44. The van der Waals surface area contributed by atoms with Crippen LogP contribution >= 0.6 is 0 Å². The Balaban J connectivity index is 1.44. The van der Waals surface area contributed by atoms with Crippen molar-refractivity contribution in [1.29, 1.82) is 0 Å². The van der Waals surface area contributed by atoms with Crippen LogP contribution in [0.25, 0.3) is 11.4 Å². The molecule has 0 saturated heterocycles. The Bertz CT molecular complexity index is 836. The molecule has 1 aromatic carbocycles. The number of amides is 1. The summed E-state index contributed by atoms with van der Waals surface area (Å²) in [6.45, 7) is 0.381. The predicted octanol–water partition coefficient (Wildman–Crippen LogP) is 2.56. The molecule has 2 heterocycles. The van der Waals surface area contributed by atoms with Gasteiger partial charge in [0, 0.05) is 37.3 Å². The number of aryl methyl sites for hydroxylation is 1. The number of halogens is 1. The van der Waals surface area contributed by atoms with E-state index >= 15 is 0 Å². The minimum Gasteiger partial charge on any atom is -0.356 e. The number of nitrogens with one attached hydrogen (secondary N) is 1. The highest BCUT2D eigenvalue weighted by molar-refractivity contribution is 5.76. The van der Waals surface area contributed by atoms with E-state index in [1.807, 2.05) is 0 Å². The van der Waals surface area contributed by atoms with Gasteiger partial charge >= 0.3 is 0 Å². The van der Waals surface area contributed by atoms with Gasteiger partial charge in [-0.15, -0.1) is 0 Å². The maximum Gasteiger partial charge on any atom is 0.227 e. The molecule has 3 aromatic rings. The molecule has 0 unspecified atom stereocenters. The Kier molecular flexibility index (Phi) is 5.46. The van der Waals surface area contributed by atoms with Crippen molar-refractivity contribution < 1.29 is 13.7 Å². The van der Waals surface area contributed by atoms with Gasteiger partial charge in [-0.25, -0.2) is 4.39 Å². The first-order valence-corrected chi connectivity index (χ1v) is 7.95. The van der Waals surface area contributed by atoms with Gasteiger partial charge in [0.2, 0.25) is 17.6 Å². The molecule has 1 N–H and O–H groups in total. The van der Waals surface area contributed by atoms with Crippen LogP contribution < -0.4 is 5.32 Å². The molecule has 0 fully saturated rings. The van der Waals surface area contributed by atoms with E-state index < -0.39 is 0 Å². The Labute approximate surface area is 144 Å². The summed E-state index contributed by atoms with van der Waals surface area (Å²) in [4.78, 5) is 20.1. The van der Waals surface area contributed by atoms with Crippen molar-refractivity contribution in [3.8, 4) is 11.4 Å². The van der Waals surface area contributed by atoms with Crippen LogP contribution in [-0.4, -0.2) is 27.6 Å². The molecule has 1 amide bonds. The van der Waals surface area contributed by atoms with Crippen molar-refractivity contribution in [2.75, 3.05) is 6.54 Å². The lowest BCUT2D eigenvalue weighted by atomic mass is 10.1. The second kappa shape index (κ2) is 8.14. The molecule has 7 heteroatoms. The molecule has 0 aliphatic rings. The van der Waals surface area contributed by atoms with Gasteiger partial charge in [0.25, 0.3) is 0 Å². The van der Waals surface area contributed by atoms with Gasteiger partial charge in [0.15, 0.2) is 0 Å². The van der Waals surface area contributed by atoms with Gasteiger partial charge in [0.05, 0.1) is 0 Å². The number of pyridine rings is 1. The van der Waals surface area contributed by atoms with Crippen LogP contribution in [-0.2, 0) is 17.6 Å². The highest BCUT2D eigenvalue weighted by Crippen LogP contribution is 2.14. The Morgan fingerprint density at radius 1 is 1.12 bits per heavy atom. The highest BCUT2D eigenvalue weighted by Gasteiger charge is 2.10. The number of benzene rings is 1. The summed E-state index contributed by atoms with van der Waals surface area (Å²) in [5.41, 5.74) is 1.39. The molecule has 0 saturated carbocycles. The normalized spacial score (nSPS) is 10.6. The van der Waals surface area contributed by atoms with E-state index in [0.717, 1.165) is 5.56 Å². The van der Waals surface area contributed by atoms with E-state index in [4.69, 9.17) is 4.52 Å². The van der Waals surface area contributed by atoms with Crippen LogP contribution in [0.2, 0.25) is 0 Å². The third-order valence-corrected chi connectivity index (χ3v) is 3.65. The number of carbonyl (C=O) groups is 1. The molecule has 0 aliphatic carbocycles. The van der Waals surface area contributed by atoms with Crippen molar-refractivity contribution in [2.45, 2.75) is 19.3 Å². The lowest BCUT2D eigenvalue weighted by Crippen LogP contribution is -2.26. The summed E-state index contributed by atoms with van der Waals surface area (Å²) in [6.07, 6.45) is 4.33. The molecule has 0 spiro atoms. The number of rotatable bonds is 7. The summed E-state index contributed by atoms with van der Waals surface area (Å²) < 4.78 is 18.6. The van der Waals surface area contributed by atoms with Gasteiger partial charge in [-0.3, -0.25) is 9.78 Å². The molecule has 128 valence electrons. The van der Waals surface area contributed by atoms with Crippen LogP contribution in [0.5, 0.6) is 0 Å². The van der Waals surface area contributed by atoms with Crippen LogP contribution in [0, 0.1) is 5.82 Å². The van der Waals surface area contributed by atoms with Crippen LogP contribution in [0.4, 0.5) is 4.39 Å². The number of aromatic nitrogens is 3. The lowest BCUT2D eigenvalue weighted by molar-refractivity contribution is -0.121. The van der Waals surface area contributed by atoms with E-state index in [1.165, 1.54) is 6.07 Å². The molecule has 0 bridgehead atoms. The Morgan fingerprint density at radius 2 is 1.92 bits per heavy atom. The number of hydrogen-bond acceptors (Lipinski definition) is 5. The van der Waals surface area contributed by atoms with E-state index in [9.17, 15) is 9.18 Å². The fourth-order valence-corrected chi connectivity index (χ4v) is 2.32. The van der Waals surface area contributed by atoms with E-state index in [0.29, 0.717) is 36.7 Å². The largest absolute Gasteiger partial charge is 0.356 e. The zero-order valence-corrected chi connectivity index (χ0v) is 13.5. The highest BCUT2D eigenvalue weighted by atomic mass is 19.1. The van der Waals surface area contributed by atoms with Gasteiger partial charge in [-0.05, 0) is 30.2 Å². The van der Waals surface area contributed by atoms with Gasteiger partial charge in [-0.2, -0.15) is 4.98 Å². The molecule has 0 radical (unpaired) electrons. The third-order valence-electron chi connectivity index (χ3n) is 3.65. The Morgan fingerprint density at radius 3 is 2.72 bits per heavy atom. The van der Waals surface area contributed by atoms with Crippen molar-refractivity contribution in [1.82, 2.24) is 20.4 Å². The average Bonchev–Trinajstić information content (AvgIpc) is 3.11. The van der Waals surface area contributed by atoms with Gasteiger partial charge in [0.1, 0.15) is 5.82 Å². The summed E-state index contributed by atoms with van der Waals surface area (Å²) in [7, 11) is 0. The van der Waals surface area contributed by atoms with Crippen molar-refractivity contribution >= 4 is 5.91 Å². The fraction of sp³-hybridized carbons (Fsp3) is 0.222. The Hall–Kier alpha value is -3.09. The summed E-state index contributed by atoms with van der Waals surface area (Å²) in [5, 5.41) is 6.65. The smallest absolute Gasteiger partial charge is 0.227 e. The van der Waals surface area contributed by atoms with Gasteiger partial charge in [-0.1, -0.05) is 23.4 Å². The van der Waals surface area contributed by atoms with Crippen molar-refractivity contribution in [2.24, 2.45) is 0 Å². The third kappa shape index (κ3) is 4.69. The molecule has 3 rings (SSSR count). The maximum atomic E-state index is 13.5.